The molecule has 106 valence electrons. The molecule has 2 aromatic heterocycles. The van der Waals surface area contributed by atoms with Crippen molar-refractivity contribution in [2.24, 2.45) is 0 Å². The number of imidazole rings is 1. The summed E-state index contributed by atoms with van der Waals surface area (Å²) in [6, 6.07) is 0. The standard InChI is InChI=1S/C12H15N5O3/c1-7-8(11(19)17-12(20)16-7)2-3-10(18)15-6-9-13-4-5-14-9/h4-5H,2-3,6H2,1H3,(H,13,14)(H,15,18)(H2,16,17,19,20). The average molecular weight is 277 g/mol. The number of carbonyl (C=O) groups is 1. The third kappa shape index (κ3) is 3.44. The number of hydrogen-bond acceptors (Lipinski definition) is 4. The first-order valence-electron chi connectivity index (χ1n) is 6.13. The topological polar surface area (TPSA) is 124 Å². The number of aryl methyl sites for hydroxylation is 1. The second-order valence-electron chi connectivity index (χ2n) is 4.32. The molecule has 0 fully saturated rings. The number of nitrogens with zero attached hydrogens (tertiary/aromatic N) is 1. The van der Waals surface area contributed by atoms with E-state index in [1.54, 1.807) is 19.3 Å². The summed E-state index contributed by atoms with van der Waals surface area (Å²) in [5, 5.41) is 2.69. The van der Waals surface area contributed by atoms with Crippen LogP contribution in [0, 0.1) is 6.92 Å². The molecule has 0 bridgehead atoms. The maximum absolute atomic E-state index is 11.7. The summed E-state index contributed by atoms with van der Waals surface area (Å²) < 4.78 is 0. The quantitative estimate of drug-likeness (QED) is 0.579. The fourth-order valence-corrected chi connectivity index (χ4v) is 1.83. The van der Waals surface area contributed by atoms with E-state index in [4.69, 9.17) is 0 Å². The molecule has 0 unspecified atom stereocenters. The van der Waals surface area contributed by atoms with Crippen LogP contribution in [0.1, 0.15) is 23.5 Å². The molecule has 2 aromatic rings. The zero-order valence-electron chi connectivity index (χ0n) is 10.9. The minimum Gasteiger partial charge on any atom is -0.349 e. The van der Waals surface area contributed by atoms with Gasteiger partial charge in [0.1, 0.15) is 5.82 Å². The maximum atomic E-state index is 11.7. The molecule has 0 saturated heterocycles. The zero-order chi connectivity index (χ0) is 14.5. The van der Waals surface area contributed by atoms with Gasteiger partial charge < -0.3 is 15.3 Å². The summed E-state index contributed by atoms with van der Waals surface area (Å²) in [5.41, 5.74) is -0.0982. The largest absolute Gasteiger partial charge is 0.349 e. The van der Waals surface area contributed by atoms with E-state index in [1.807, 2.05) is 0 Å². The molecule has 20 heavy (non-hydrogen) atoms. The zero-order valence-corrected chi connectivity index (χ0v) is 10.9. The van der Waals surface area contributed by atoms with Gasteiger partial charge in [-0.05, 0) is 13.3 Å². The lowest BCUT2D eigenvalue weighted by atomic mass is 10.1. The lowest BCUT2D eigenvalue weighted by molar-refractivity contribution is -0.121. The number of aromatic amines is 3. The Morgan fingerprint density at radius 2 is 2.15 bits per heavy atom. The number of carbonyl (C=O) groups excluding carboxylic acids is 1. The lowest BCUT2D eigenvalue weighted by Crippen LogP contribution is -2.29. The van der Waals surface area contributed by atoms with E-state index in [0.29, 0.717) is 23.6 Å². The Bertz CT molecular complexity index is 699. The van der Waals surface area contributed by atoms with Crippen LogP contribution in [0.15, 0.2) is 22.0 Å². The second kappa shape index (κ2) is 6.00. The van der Waals surface area contributed by atoms with Gasteiger partial charge >= 0.3 is 5.69 Å². The van der Waals surface area contributed by atoms with Gasteiger partial charge in [0.05, 0.1) is 6.54 Å². The molecule has 0 saturated carbocycles. The Kier molecular flexibility index (Phi) is 4.14. The van der Waals surface area contributed by atoms with Gasteiger partial charge in [0.15, 0.2) is 0 Å². The fraction of sp³-hybridized carbons (Fsp3) is 0.333. The van der Waals surface area contributed by atoms with E-state index in [2.05, 4.69) is 25.3 Å². The predicted molar refractivity (Wildman–Crippen MR) is 71.2 cm³/mol. The van der Waals surface area contributed by atoms with Gasteiger partial charge in [0.25, 0.3) is 5.56 Å². The molecule has 8 heteroatoms. The van der Waals surface area contributed by atoms with Crippen molar-refractivity contribution >= 4 is 5.91 Å². The number of amides is 1. The Morgan fingerprint density at radius 3 is 2.80 bits per heavy atom. The Hall–Kier alpha value is -2.64. The molecule has 1 amide bonds. The highest BCUT2D eigenvalue weighted by Crippen LogP contribution is 2.00. The maximum Gasteiger partial charge on any atom is 0.325 e. The van der Waals surface area contributed by atoms with Crippen LogP contribution in [0.5, 0.6) is 0 Å². The monoisotopic (exact) mass is 277 g/mol. The fourth-order valence-electron chi connectivity index (χ4n) is 1.83. The van der Waals surface area contributed by atoms with Crippen LogP contribution >= 0.6 is 0 Å². The van der Waals surface area contributed by atoms with Gasteiger partial charge in [-0.2, -0.15) is 0 Å². The van der Waals surface area contributed by atoms with Crippen LogP contribution < -0.4 is 16.6 Å². The SMILES string of the molecule is Cc1[nH]c(=O)[nH]c(=O)c1CCC(=O)NCc1ncc[nH]1. The minimum absolute atomic E-state index is 0.163. The highest BCUT2D eigenvalue weighted by molar-refractivity contribution is 5.76. The summed E-state index contributed by atoms with van der Waals surface area (Å²) >= 11 is 0. The van der Waals surface area contributed by atoms with Crippen LogP contribution in [0.4, 0.5) is 0 Å². The highest BCUT2D eigenvalue weighted by atomic mass is 16.2. The van der Waals surface area contributed by atoms with E-state index < -0.39 is 11.2 Å². The Labute approximate surface area is 113 Å². The summed E-state index contributed by atoms with van der Waals surface area (Å²) in [6.07, 6.45) is 3.70. The molecule has 0 aromatic carbocycles. The molecular weight excluding hydrogens is 262 g/mol. The van der Waals surface area contributed by atoms with Crippen molar-refractivity contribution < 1.29 is 4.79 Å². The van der Waals surface area contributed by atoms with Crippen LogP contribution in [-0.2, 0) is 17.8 Å². The van der Waals surface area contributed by atoms with Crippen molar-refractivity contribution in [3.63, 3.8) is 0 Å². The van der Waals surface area contributed by atoms with Gasteiger partial charge in [0.2, 0.25) is 5.91 Å². The van der Waals surface area contributed by atoms with Crippen LogP contribution in [0.3, 0.4) is 0 Å². The van der Waals surface area contributed by atoms with E-state index in [9.17, 15) is 14.4 Å². The number of H-pyrrole nitrogens is 3. The van der Waals surface area contributed by atoms with Crippen molar-refractivity contribution in [2.45, 2.75) is 26.3 Å². The highest BCUT2D eigenvalue weighted by Gasteiger charge is 2.09. The summed E-state index contributed by atoms with van der Waals surface area (Å²) in [4.78, 5) is 45.8. The molecule has 0 spiro atoms. The van der Waals surface area contributed by atoms with E-state index >= 15 is 0 Å². The first-order chi connectivity index (χ1) is 9.56. The molecule has 0 aliphatic rings. The van der Waals surface area contributed by atoms with Crippen LogP contribution in [-0.4, -0.2) is 25.8 Å². The molecular formula is C12H15N5O3. The number of hydrogen-bond donors (Lipinski definition) is 4. The molecule has 0 aliphatic heterocycles. The van der Waals surface area contributed by atoms with E-state index in [-0.39, 0.29) is 18.7 Å². The lowest BCUT2D eigenvalue weighted by Gasteiger charge is -2.05. The number of aromatic nitrogens is 4. The van der Waals surface area contributed by atoms with Gasteiger partial charge in [0, 0.05) is 30.1 Å². The van der Waals surface area contributed by atoms with Crippen molar-refractivity contribution in [3.8, 4) is 0 Å². The normalized spacial score (nSPS) is 10.4. The Morgan fingerprint density at radius 1 is 1.35 bits per heavy atom. The number of nitrogens with one attached hydrogen (secondary N) is 4. The first-order valence-corrected chi connectivity index (χ1v) is 6.13. The molecule has 0 radical (unpaired) electrons. The van der Waals surface area contributed by atoms with Crippen molar-refractivity contribution in [1.82, 2.24) is 25.3 Å². The second-order valence-corrected chi connectivity index (χ2v) is 4.32. The Balaban J connectivity index is 1.90. The van der Waals surface area contributed by atoms with Crippen LogP contribution in [0.2, 0.25) is 0 Å². The van der Waals surface area contributed by atoms with Crippen molar-refractivity contribution in [2.75, 3.05) is 0 Å². The van der Waals surface area contributed by atoms with Crippen LogP contribution in [0.25, 0.3) is 0 Å². The van der Waals surface area contributed by atoms with Crippen molar-refractivity contribution in [1.29, 1.82) is 0 Å². The summed E-state index contributed by atoms with van der Waals surface area (Å²) in [6.45, 7) is 1.94. The first kappa shape index (κ1) is 13.8. The predicted octanol–water partition coefficient (Wildman–Crippen LogP) is -0.656. The summed E-state index contributed by atoms with van der Waals surface area (Å²) in [7, 11) is 0. The third-order valence-corrected chi connectivity index (χ3v) is 2.86. The third-order valence-electron chi connectivity index (χ3n) is 2.86. The van der Waals surface area contributed by atoms with Crippen molar-refractivity contribution in [3.05, 3.63) is 50.3 Å². The molecule has 4 N–H and O–H groups in total. The molecule has 0 aliphatic carbocycles. The molecule has 2 heterocycles. The van der Waals surface area contributed by atoms with Gasteiger partial charge in [-0.3, -0.25) is 14.6 Å². The summed E-state index contributed by atoms with van der Waals surface area (Å²) in [5.74, 6) is 0.475. The molecule has 0 atom stereocenters. The van der Waals surface area contributed by atoms with E-state index in [1.165, 1.54) is 0 Å². The minimum atomic E-state index is -0.543. The average Bonchev–Trinajstić information content (AvgIpc) is 2.88. The van der Waals surface area contributed by atoms with Gasteiger partial charge in [-0.15, -0.1) is 0 Å². The van der Waals surface area contributed by atoms with Gasteiger partial charge in [-0.1, -0.05) is 0 Å². The van der Waals surface area contributed by atoms with E-state index in [0.717, 1.165) is 0 Å². The smallest absolute Gasteiger partial charge is 0.325 e. The number of rotatable bonds is 5. The molecule has 2 rings (SSSR count). The molecule has 8 nitrogen and oxygen atoms in total. The van der Waals surface area contributed by atoms with Gasteiger partial charge in [-0.25, -0.2) is 9.78 Å².